The Balaban J connectivity index is 2.59. The van der Waals surface area contributed by atoms with Crippen LogP contribution in [0.1, 0.15) is 46.1 Å². The standard InChI is InChI=1S/C17H30N2/c1-14(2)9-11-19(12-10-15(3)4)13-16-7-5-6-8-17(16)18/h5-8,14-15H,9-13,18H2,1-4H3. The van der Waals surface area contributed by atoms with Crippen LogP contribution in [0.25, 0.3) is 0 Å². The zero-order chi connectivity index (χ0) is 14.3. The van der Waals surface area contributed by atoms with Gasteiger partial charge in [-0.1, -0.05) is 45.9 Å². The minimum Gasteiger partial charge on any atom is -0.398 e. The summed E-state index contributed by atoms with van der Waals surface area (Å²) < 4.78 is 0. The molecule has 2 nitrogen and oxygen atoms in total. The highest BCUT2D eigenvalue weighted by atomic mass is 15.1. The van der Waals surface area contributed by atoms with Crippen molar-refractivity contribution in [2.24, 2.45) is 11.8 Å². The van der Waals surface area contributed by atoms with Gasteiger partial charge in [-0.15, -0.1) is 0 Å². The zero-order valence-electron chi connectivity index (χ0n) is 13.0. The third-order valence-electron chi connectivity index (χ3n) is 3.49. The molecule has 19 heavy (non-hydrogen) atoms. The van der Waals surface area contributed by atoms with E-state index >= 15 is 0 Å². The molecule has 1 aromatic rings. The van der Waals surface area contributed by atoms with Gasteiger partial charge in [0.15, 0.2) is 0 Å². The second kappa shape index (κ2) is 8.21. The van der Waals surface area contributed by atoms with Gasteiger partial charge >= 0.3 is 0 Å². The summed E-state index contributed by atoms with van der Waals surface area (Å²) in [5, 5.41) is 0. The van der Waals surface area contributed by atoms with Gasteiger partial charge in [0.25, 0.3) is 0 Å². The topological polar surface area (TPSA) is 29.3 Å². The Labute approximate surface area is 119 Å². The molecule has 0 radical (unpaired) electrons. The molecule has 0 unspecified atom stereocenters. The Morgan fingerprint density at radius 1 is 0.947 bits per heavy atom. The smallest absolute Gasteiger partial charge is 0.0359 e. The van der Waals surface area contributed by atoms with Gasteiger partial charge in [-0.05, 0) is 49.4 Å². The molecule has 1 rings (SSSR count). The lowest BCUT2D eigenvalue weighted by atomic mass is 10.1. The maximum atomic E-state index is 6.05. The number of anilines is 1. The molecule has 0 aliphatic heterocycles. The lowest BCUT2D eigenvalue weighted by Gasteiger charge is -2.24. The van der Waals surface area contributed by atoms with E-state index in [2.05, 4.69) is 44.7 Å². The Hall–Kier alpha value is -1.02. The molecule has 0 fully saturated rings. The van der Waals surface area contributed by atoms with Gasteiger partial charge in [-0.2, -0.15) is 0 Å². The van der Waals surface area contributed by atoms with Crippen molar-refractivity contribution in [1.29, 1.82) is 0 Å². The highest BCUT2D eigenvalue weighted by molar-refractivity contribution is 5.46. The van der Waals surface area contributed by atoms with Crippen molar-refractivity contribution < 1.29 is 0 Å². The van der Waals surface area contributed by atoms with Gasteiger partial charge in [-0.3, -0.25) is 4.90 Å². The number of nitrogen functional groups attached to an aromatic ring is 1. The molecule has 0 amide bonds. The first-order chi connectivity index (χ1) is 8.99. The van der Waals surface area contributed by atoms with Crippen molar-refractivity contribution in [3.63, 3.8) is 0 Å². The Morgan fingerprint density at radius 2 is 1.47 bits per heavy atom. The Bertz CT molecular complexity index is 346. The molecule has 2 N–H and O–H groups in total. The highest BCUT2D eigenvalue weighted by Gasteiger charge is 2.09. The average Bonchev–Trinajstić information content (AvgIpc) is 2.34. The van der Waals surface area contributed by atoms with E-state index in [1.54, 1.807) is 0 Å². The number of benzene rings is 1. The number of nitrogens with two attached hydrogens (primary N) is 1. The Morgan fingerprint density at radius 3 is 1.95 bits per heavy atom. The molecule has 0 spiro atoms. The fourth-order valence-corrected chi connectivity index (χ4v) is 2.07. The quantitative estimate of drug-likeness (QED) is 0.713. The van der Waals surface area contributed by atoms with Crippen molar-refractivity contribution in [1.82, 2.24) is 4.90 Å². The second-order valence-corrected chi connectivity index (χ2v) is 6.34. The molecule has 108 valence electrons. The maximum Gasteiger partial charge on any atom is 0.0359 e. The van der Waals surface area contributed by atoms with E-state index in [9.17, 15) is 0 Å². The van der Waals surface area contributed by atoms with Crippen LogP contribution in [0.5, 0.6) is 0 Å². The van der Waals surface area contributed by atoms with E-state index < -0.39 is 0 Å². The van der Waals surface area contributed by atoms with Crippen LogP contribution in [-0.2, 0) is 6.54 Å². The van der Waals surface area contributed by atoms with Crippen LogP contribution in [-0.4, -0.2) is 18.0 Å². The van der Waals surface area contributed by atoms with Crippen molar-refractivity contribution in [2.45, 2.75) is 47.1 Å². The third kappa shape index (κ3) is 6.63. The molecule has 0 saturated carbocycles. The first-order valence-electron chi connectivity index (χ1n) is 7.54. The molecule has 0 bridgehead atoms. The first kappa shape index (κ1) is 16.0. The highest BCUT2D eigenvalue weighted by Crippen LogP contribution is 2.15. The van der Waals surface area contributed by atoms with Crippen molar-refractivity contribution in [2.75, 3.05) is 18.8 Å². The average molecular weight is 262 g/mol. The third-order valence-corrected chi connectivity index (χ3v) is 3.49. The van der Waals surface area contributed by atoms with Crippen molar-refractivity contribution >= 4 is 5.69 Å². The van der Waals surface area contributed by atoms with E-state index in [0.717, 1.165) is 24.1 Å². The Kier molecular flexibility index (Phi) is 6.93. The molecule has 0 atom stereocenters. The van der Waals surface area contributed by atoms with Gasteiger partial charge in [0, 0.05) is 12.2 Å². The number of para-hydroxylation sites is 1. The molecule has 0 saturated heterocycles. The van der Waals surface area contributed by atoms with Gasteiger partial charge in [0.2, 0.25) is 0 Å². The van der Waals surface area contributed by atoms with Crippen LogP contribution >= 0.6 is 0 Å². The zero-order valence-corrected chi connectivity index (χ0v) is 13.0. The van der Waals surface area contributed by atoms with Crippen molar-refractivity contribution in [3.8, 4) is 0 Å². The van der Waals surface area contributed by atoms with Crippen LogP contribution in [0.15, 0.2) is 24.3 Å². The van der Waals surface area contributed by atoms with Crippen LogP contribution < -0.4 is 5.73 Å². The van der Waals surface area contributed by atoms with Crippen molar-refractivity contribution in [3.05, 3.63) is 29.8 Å². The van der Waals surface area contributed by atoms with Crippen LogP contribution in [0, 0.1) is 11.8 Å². The number of hydrogen-bond acceptors (Lipinski definition) is 2. The van der Waals surface area contributed by atoms with Gasteiger partial charge in [0.05, 0.1) is 0 Å². The predicted molar refractivity (Wildman–Crippen MR) is 85.0 cm³/mol. The predicted octanol–water partition coefficient (Wildman–Crippen LogP) is 4.16. The number of nitrogens with zero attached hydrogens (tertiary/aromatic N) is 1. The summed E-state index contributed by atoms with van der Waals surface area (Å²) in [6.07, 6.45) is 2.51. The summed E-state index contributed by atoms with van der Waals surface area (Å²) in [6, 6.07) is 8.23. The lowest BCUT2D eigenvalue weighted by molar-refractivity contribution is 0.236. The normalized spacial score (nSPS) is 11.7. The van der Waals surface area contributed by atoms with E-state index in [-0.39, 0.29) is 0 Å². The lowest BCUT2D eigenvalue weighted by Crippen LogP contribution is -2.27. The van der Waals surface area contributed by atoms with E-state index in [1.165, 1.54) is 31.5 Å². The van der Waals surface area contributed by atoms with Gasteiger partial charge in [0.1, 0.15) is 0 Å². The summed E-state index contributed by atoms with van der Waals surface area (Å²) in [6.45, 7) is 12.5. The molecule has 2 heteroatoms. The largest absolute Gasteiger partial charge is 0.398 e. The second-order valence-electron chi connectivity index (χ2n) is 6.34. The summed E-state index contributed by atoms with van der Waals surface area (Å²) in [5.74, 6) is 1.52. The number of hydrogen-bond donors (Lipinski definition) is 1. The first-order valence-corrected chi connectivity index (χ1v) is 7.54. The maximum absolute atomic E-state index is 6.05. The van der Waals surface area contributed by atoms with Crippen LogP contribution in [0.4, 0.5) is 5.69 Å². The van der Waals surface area contributed by atoms with E-state index in [1.807, 2.05) is 12.1 Å². The van der Waals surface area contributed by atoms with Crippen LogP contribution in [0.2, 0.25) is 0 Å². The van der Waals surface area contributed by atoms with E-state index in [0.29, 0.717) is 0 Å². The minimum atomic E-state index is 0.759. The molecule has 0 aliphatic carbocycles. The SMILES string of the molecule is CC(C)CCN(CCC(C)C)Cc1ccccc1N. The molecule has 1 aromatic carbocycles. The fourth-order valence-electron chi connectivity index (χ4n) is 2.07. The minimum absolute atomic E-state index is 0.759. The summed E-state index contributed by atoms with van der Waals surface area (Å²) in [4.78, 5) is 2.55. The summed E-state index contributed by atoms with van der Waals surface area (Å²) >= 11 is 0. The summed E-state index contributed by atoms with van der Waals surface area (Å²) in [7, 11) is 0. The fraction of sp³-hybridized carbons (Fsp3) is 0.647. The summed E-state index contributed by atoms with van der Waals surface area (Å²) in [5.41, 5.74) is 8.23. The van der Waals surface area contributed by atoms with E-state index in [4.69, 9.17) is 5.73 Å². The molecule has 0 heterocycles. The van der Waals surface area contributed by atoms with Crippen LogP contribution in [0.3, 0.4) is 0 Å². The van der Waals surface area contributed by atoms with Gasteiger partial charge < -0.3 is 5.73 Å². The van der Waals surface area contributed by atoms with Gasteiger partial charge in [-0.25, -0.2) is 0 Å². The monoisotopic (exact) mass is 262 g/mol. The number of rotatable bonds is 8. The molecule has 0 aliphatic rings. The molecular weight excluding hydrogens is 232 g/mol. The molecule has 0 aromatic heterocycles. The molecular formula is C17H30N2.